The molecule has 0 radical (unpaired) electrons. The van der Waals surface area contributed by atoms with Gasteiger partial charge in [-0.15, -0.1) is 0 Å². The Bertz CT molecular complexity index is 940. The molecule has 1 aliphatic heterocycles. The summed E-state index contributed by atoms with van der Waals surface area (Å²) < 4.78 is 5.96. The van der Waals surface area contributed by atoms with Crippen LogP contribution < -0.4 is 5.32 Å². The number of aryl methyl sites for hydroxylation is 1. The quantitative estimate of drug-likeness (QED) is 0.369. The maximum absolute atomic E-state index is 12.8. The molecule has 3 rings (SSSR count). The first kappa shape index (κ1) is 25.8. The lowest BCUT2D eigenvalue weighted by atomic mass is 10.1. The van der Waals surface area contributed by atoms with E-state index in [9.17, 15) is 19.5 Å². The highest BCUT2D eigenvalue weighted by Gasteiger charge is 2.42. The van der Waals surface area contributed by atoms with Gasteiger partial charge in [-0.1, -0.05) is 30.3 Å². The van der Waals surface area contributed by atoms with Gasteiger partial charge in [-0.05, 0) is 36.8 Å². The highest BCUT2D eigenvalue weighted by molar-refractivity contribution is 7.98. The highest BCUT2D eigenvalue weighted by Crippen LogP contribution is 2.23. The molecule has 34 heavy (non-hydrogen) atoms. The number of nitrogens with one attached hydrogen (secondary N) is 2. The molecule has 9 nitrogen and oxygen atoms in total. The number of aliphatic carboxylic acids is 1. The van der Waals surface area contributed by atoms with E-state index in [4.69, 9.17) is 4.74 Å². The van der Waals surface area contributed by atoms with E-state index in [1.807, 2.05) is 36.6 Å². The number of amides is 2. The van der Waals surface area contributed by atoms with Gasteiger partial charge in [-0.25, -0.2) is 9.78 Å². The fraction of sp³-hybridized carbons (Fsp3) is 0.500. The summed E-state index contributed by atoms with van der Waals surface area (Å²) >= 11 is 1.48. The third-order valence-electron chi connectivity index (χ3n) is 5.94. The molecule has 3 N–H and O–H groups in total. The summed E-state index contributed by atoms with van der Waals surface area (Å²) in [5.74, 6) is -1.19. The van der Waals surface area contributed by atoms with E-state index in [1.54, 1.807) is 11.1 Å². The summed E-state index contributed by atoms with van der Waals surface area (Å²) in [7, 11) is 0. The maximum Gasteiger partial charge on any atom is 0.357 e. The highest BCUT2D eigenvalue weighted by atomic mass is 32.2. The predicted molar refractivity (Wildman–Crippen MR) is 129 cm³/mol. The SMILES string of the molecule is CSCC[C@](NC(=O)CCc1ccccc1)(OC[C@@H]1CCCN1C(=O)Cc1c[nH]cn1)C(=O)O. The zero-order chi connectivity index (χ0) is 24.4. The number of carboxylic acid groups (broad SMARTS) is 1. The van der Waals surface area contributed by atoms with E-state index < -0.39 is 11.7 Å². The summed E-state index contributed by atoms with van der Waals surface area (Å²) in [6.07, 6.45) is 7.56. The number of thioether (sulfide) groups is 1. The number of aromatic amines is 1. The molecule has 0 spiro atoms. The lowest BCUT2D eigenvalue weighted by molar-refractivity contribution is -0.177. The van der Waals surface area contributed by atoms with Crippen molar-refractivity contribution in [2.75, 3.05) is 25.2 Å². The molecule has 1 aliphatic rings. The number of ether oxygens (including phenoxy) is 1. The Morgan fingerprint density at radius 1 is 1.32 bits per heavy atom. The van der Waals surface area contributed by atoms with E-state index in [2.05, 4.69) is 15.3 Å². The van der Waals surface area contributed by atoms with Gasteiger partial charge in [0.15, 0.2) is 0 Å². The van der Waals surface area contributed by atoms with Gasteiger partial charge in [0.1, 0.15) is 0 Å². The van der Waals surface area contributed by atoms with Crippen molar-refractivity contribution in [3.63, 3.8) is 0 Å². The number of nitrogens with zero attached hydrogens (tertiary/aromatic N) is 2. The minimum Gasteiger partial charge on any atom is -0.478 e. The van der Waals surface area contributed by atoms with Crippen LogP contribution in [0.1, 0.15) is 36.9 Å². The van der Waals surface area contributed by atoms with E-state index in [1.165, 1.54) is 18.1 Å². The van der Waals surface area contributed by atoms with Crippen LogP contribution in [-0.4, -0.2) is 74.7 Å². The average Bonchev–Trinajstić information content (AvgIpc) is 3.52. The van der Waals surface area contributed by atoms with Gasteiger partial charge in [0.2, 0.25) is 17.5 Å². The molecular weight excluding hydrogens is 456 g/mol. The monoisotopic (exact) mass is 488 g/mol. The summed E-state index contributed by atoms with van der Waals surface area (Å²) in [5.41, 5.74) is -0.182. The number of carboxylic acids is 1. The number of aromatic nitrogens is 2. The minimum atomic E-state index is -1.84. The van der Waals surface area contributed by atoms with E-state index in [-0.39, 0.29) is 43.7 Å². The van der Waals surface area contributed by atoms with Crippen molar-refractivity contribution < 1.29 is 24.2 Å². The standard InChI is InChI=1S/C24H32N4O5S/c1-34-13-11-24(23(31)32,27-21(29)10-9-18-6-3-2-4-7-18)33-16-20-8-5-12-28(20)22(30)14-19-15-25-17-26-19/h2-4,6-7,15,17,20H,5,8-14,16H2,1H3,(H,25,26)(H,27,29)(H,31,32)/t20-,24-/m0/s1. The van der Waals surface area contributed by atoms with Crippen molar-refractivity contribution in [2.45, 2.75) is 50.3 Å². The first-order valence-corrected chi connectivity index (χ1v) is 12.8. The van der Waals surface area contributed by atoms with Crippen LogP contribution in [0.15, 0.2) is 42.9 Å². The third-order valence-corrected chi connectivity index (χ3v) is 6.55. The molecule has 0 aliphatic carbocycles. The molecule has 1 fully saturated rings. The van der Waals surface area contributed by atoms with Gasteiger partial charge < -0.3 is 25.0 Å². The largest absolute Gasteiger partial charge is 0.478 e. The molecule has 1 saturated heterocycles. The number of rotatable bonds is 13. The van der Waals surface area contributed by atoms with Gasteiger partial charge in [0.25, 0.3) is 0 Å². The lowest BCUT2D eigenvalue weighted by Gasteiger charge is -2.33. The van der Waals surface area contributed by atoms with E-state index >= 15 is 0 Å². The molecule has 2 atom stereocenters. The average molecular weight is 489 g/mol. The van der Waals surface area contributed by atoms with Crippen molar-refractivity contribution in [1.29, 1.82) is 0 Å². The normalized spacial score (nSPS) is 17.3. The van der Waals surface area contributed by atoms with Crippen molar-refractivity contribution >= 4 is 29.5 Å². The fourth-order valence-corrected chi connectivity index (χ4v) is 4.54. The molecule has 1 aromatic heterocycles. The predicted octanol–water partition coefficient (Wildman–Crippen LogP) is 2.24. The van der Waals surface area contributed by atoms with Gasteiger partial charge in [-0.2, -0.15) is 11.8 Å². The maximum atomic E-state index is 12.8. The van der Waals surface area contributed by atoms with Crippen LogP contribution in [0.5, 0.6) is 0 Å². The number of carbonyl (C=O) groups is 3. The second-order valence-electron chi connectivity index (χ2n) is 8.34. The molecule has 184 valence electrons. The summed E-state index contributed by atoms with van der Waals surface area (Å²) in [5, 5.41) is 12.7. The summed E-state index contributed by atoms with van der Waals surface area (Å²) in [6.45, 7) is 0.623. The zero-order valence-electron chi connectivity index (χ0n) is 19.4. The summed E-state index contributed by atoms with van der Waals surface area (Å²) in [4.78, 5) is 46.5. The Balaban J connectivity index is 1.64. The molecule has 10 heteroatoms. The van der Waals surface area contributed by atoms with Gasteiger partial charge in [-0.3, -0.25) is 9.59 Å². The molecule has 1 aromatic carbocycles. The molecular formula is C24H32N4O5S. The molecule has 0 unspecified atom stereocenters. The van der Waals surface area contributed by atoms with Crippen LogP contribution in [0.25, 0.3) is 0 Å². The summed E-state index contributed by atoms with van der Waals surface area (Å²) in [6, 6.07) is 9.31. The van der Waals surface area contributed by atoms with Crippen molar-refractivity contribution in [3.05, 3.63) is 54.1 Å². The first-order valence-electron chi connectivity index (χ1n) is 11.4. The third kappa shape index (κ3) is 7.07. The van der Waals surface area contributed by atoms with Crippen LogP contribution in [-0.2, 0) is 32.0 Å². The number of hydrogen-bond acceptors (Lipinski definition) is 6. The number of carbonyl (C=O) groups excluding carboxylic acids is 2. The second-order valence-corrected chi connectivity index (χ2v) is 9.33. The van der Waals surface area contributed by atoms with Gasteiger partial charge >= 0.3 is 5.97 Å². The molecule has 2 heterocycles. The Labute approximate surface area is 203 Å². The minimum absolute atomic E-state index is 0.0337. The Morgan fingerprint density at radius 2 is 2.12 bits per heavy atom. The Kier molecular flexibility index (Phi) is 9.52. The van der Waals surface area contributed by atoms with Crippen LogP contribution in [0.2, 0.25) is 0 Å². The molecule has 0 saturated carbocycles. The molecule has 0 bridgehead atoms. The Hall–Kier alpha value is -2.85. The molecule has 2 aromatic rings. The van der Waals surface area contributed by atoms with E-state index in [0.29, 0.717) is 30.8 Å². The number of hydrogen-bond donors (Lipinski definition) is 3. The number of H-pyrrole nitrogens is 1. The molecule has 2 amide bonds. The van der Waals surface area contributed by atoms with Crippen LogP contribution in [0.3, 0.4) is 0 Å². The number of benzene rings is 1. The van der Waals surface area contributed by atoms with Crippen molar-refractivity contribution in [3.8, 4) is 0 Å². The fourth-order valence-electron chi connectivity index (χ4n) is 4.05. The second kappa shape index (κ2) is 12.6. The van der Waals surface area contributed by atoms with Crippen LogP contribution in [0, 0.1) is 0 Å². The van der Waals surface area contributed by atoms with Crippen molar-refractivity contribution in [1.82, 2.24) is 20.2 Å². The van der Waals surface area contributed by atoms with Crippen molar-refractivity contribution in [2.24, 2.45) is 0 Å². The van der Waals surface area contributed by atoms with Gasteiger partial charge in [0, 0.05) is 25.6 Å². The van der Waals surface area contributed by atoms with Crippen LogP contribution in [0.4, 0.5) is 0 Å². The lowest BCUT2D eigenvalue weighted by Crippen LogP contribution is -2.58. The van der Waals surface area contributed by atoms with E-state index in [0.717, 1.165) is 12.0 Å². The Morgan fingerprint density at radius 3 is 2.79 bits per heavy atom. The topological polar surface area (TPSA) is 125 Å². The zero-order valence-corrected chi connectivity index (χ0v) is 20.2. The number of imidazole rings is 1. The number of likely N-dealkylation sites (tertiary alicyclic amines) is 1. The van der Waals surface area contributed by atoms with Gasteiger partial charge in [0.05, 0.1) is 31.1 Å². The smallest absolute Gasteiger partial charge is 0.357 e. The first-order chi connectivity index (χ1) is 16.4. The van der Waals surface area contributed by atoms with Crippen LogP contribution >= 0.6 is 11.8 Å².